The van der Waals surface area contributed by atoms with Crippen molar-refractivity contribution < 1.29 is 18.9 Å². The molecule has 6 heteroatoms. The van der Waals surface area contributed by atoms with Crippen LogP contribution < -0.4 is 0 Å². The van der Waals surface area contributed by atoms with E-state index in [9.17, 15) is 0 Å². The Labute approximate surface area is 170 Å². The van der Waals surface area contributed by atoms with E-state index >= 15 is 0 Å². The molecule has 0 spiro atoms. The molecule has 3 aliphatic heterocycles. The maximum Gasteiger partial charge on any atom is 0.184 e. The van der Waals surface area contributed by atoms with Crippen molar-refractivity contribution >= 4 is 12.6 Å². The van der Waals surface area contributed by atoms with Gasteiger partial charge in [0.1, 0.15) is 12.2 Å². The van der Waals surface area contributed by atoms with E-state index in [1.165, 1.54) is 0 Å². The fourth-order valence-electron chi connectivity index (χ4n) is 4.53. The zero-order valence-electron chi connectivity index (χ0n) is 15.6. The van der Waals surface area contributed by atoms with Crippen LogP contribution in [0.3, 0.4) is 0 Å². The molecule has 2 aromatic rings. The van der Waals surface area contributed by atoms with Crippen molar-refractivity contribution in [3.05, 3.63) is 71.8 Å². The molecule has 148 valence electrons. The lowest BCUT2D eigenvalue weighted by molar-refractivity contribution is -0.278. The molecule has 0 aliphatic carbocycles. The quantitative estimate of drug-likeness (QED) is 0.800. The molecule has 0 saturated carbocycles. The standard InChI is InChI=1S/C22H25NO4S/c28-12-11-23-17-13-24-21(15-7-3-1-4-8-15)26-19(17)20-18(23)14-25-22(27-20)16-9-5-2-6-10-16/h1-10,17-22,28H,11-14H2/t17-,18-,19+,20+,21+,22+/m0/s1. The van der Waals surface area contributed by atoms with Crippen molar-refractivity contribution in [3.8, 4) is 0 Å². The van der Waals surface area contributed by atoms with Crippen LogP contribution in [0, 0.1) is 0 Å². The van der Waals surface area contributed by atoms with Crippen LogP contribution in [-0.2, 0) is 18.9 Å². The molecule has 0 radical (unpaired) electrons. The zero-order valence-corrected chi connectivity index (χ0v) is 16.5. The van der Waals surface area contributed by atoms with E-state index < -0.39 is 0 Å². The SMILES string of the molecule is SCCN1[C@H]2CO[C@@H](c3ccccc3)O[C@H]2[C@@H]2O[C@H](c3ccccc3)OC[C@@H]21. The third-order valence-corrected chi connectivity index (χ3v) is 6.03. The molecule has 6 atom stereocenters. The summed E-state index contributed by atoms with van der Waals surface area (Å²) < 4.78 is 25.1. The number of hydrogen-bond acceptors (Lipinski definition) is 6. The molecule has 3 heterocycles. The number of thiol groups is 1. The Morgan fingerprint density at radius 2 is 1.21 bits per heavy atom. The van der Waals surface area contributed by atoms with Gasteiger partial charge in [0.2, 0.25) is 0 Å². The summed E-state index contributed by atoms with van der Waals surface area (Å²) in [4.78, 5) is 2.39. The molecule has 0 N–H and O–H groups in total. The second kappa shape index (κ2) is 8.14. The van der Waals surface area contributed by atoms with Crippen molar-refractivity contribution in [1.29, 1.82) is 0 Å². The zero-order chi connectivity index (χ0) is 18.9. The van der Waals surface area contributed by atoms with Gasteiger partial charge in [0, 0.05) is 23.4 Å². The second-order valence-electron chi connectivity index (χ2n) is 7.45. The van der Waals surface area contributed by atoms with Gasteiger partial charge < -0.3 is 18.9 Å². The lowest BCUT2D eigenvalue weighted by atomic mass is 10.0. The minimum Gasteiger partial charge on any atom is -0.347 e. The predicted octanol–water partition coefficient (Wildman–Crippen LogP) is 3.20. The fourth-order valence-corrected chi connectivity index (χ4v) is 4.76. The van der Waals surface area contributed by atoms with Crippen LogP contribution in [0.15, 0.2) is 60.7 Å². The average molecular weight is 400 g/mol. The number of hydrogen-bond donors (Lipinski definition) is 1. The molecule has 0 unspecified atom stereocenters. The second-order valence-corrected chi connectivity index (χ2v) is 7.90. The van der Waals surface area contributed by atoms with Gasteiger partial charge in [-0.15, -0.1) is 0 Å². The maximum absolute atomic E-state index is 6.46. The van der Waals surface area contributed by atoms with Crippen LogP contribution in [0.1, 0.15) is 23.7 Å². The van der Waals surface area contributed by atoms with Crippen molar-refractivity contribution in [2.75, 3.05) is 25.5 Å². The normalized spacial score (nSPS) is 35.3. The molecular formula is C22H25NO4S. The van der Waals surface area contributed by atoms with Crippen LogP contribution in [0.25, 0.3) is 0 Å². The number of rotatable bonds is 4. The minimum atomic E-state index is -0.360. The van der Waals surface area contributed by atoms with Gasteiger partial charge in [-0.3, -0.25) is 4.90 Å². The number of fused-ring (bicyclic) bond motifs is 3. The first-order chi connectivity index (χ1) is 13.8. The number of nitrogens with zero attached hydrogens (tertiary/aromatic N) is 1. The van der Waals surface area contributed by atoms with Crippen LogP contribution in [0.4, 0.5) is 0 Å². The third kappa shape index (κ3) is 3.38. The van der Waals surface area contributed by atoms with Gasteiger partial charge in [-0.1, -0.05) is 60.7 Å². The van der Waals surface area contributed by atoms with E-state index in [4.69, 9.17) is 18.9 Å². The Balaban J connectivity index is 1.39. The van der Waals surface area contributed by atoms with E-state index in [1.54, 1.807) is 0 Å². The van der Waals surface area contributed by atoms with Crippen molar-refractivity contribution in [1.82, 2.24) is 4.90 Å². The lowest BCUT2D eigenvalue weighted by Gasteiger charge is -2.37. The topological polar surface area (TPSA) is 40.2 Å². The van der Waals surface area contributed by atoms with E-state index in [-0.39, 0.29) is 36.9 Å². The minimum absolute atomic E-state index is 0.0565. The highest BCUT2D eigenvalue weighted by molar-refractivity contribution is 7.80. The maximum atomic E-state index is 6.46. The fraction of sp³-hybridized carbons (Fsp3) is 0.455. The molecular weight excluding hydrogens is 374 g/mol. The summed E-state index contributed by atoms with van der Waals surface area (Å²) in [5, 5.41) is 0. The van der Waals surface area contributed by atoms with Crippen LogP contribution in [0.2, 0.25) is 0 Å². The number of ether oxygens (including phenoxy) is 4. The van der Waals surface area contributed by atoms with Crippen LogP contribution in [-0.4, -0.2) is 54.7 Å². The van der Waals surface area contributed by atoms with Gasteiger partial charge in [-0.2, -0.15) is 12.6 Å². The Bertz CT molecular complexity index is 713. The lowest BCUT2D eigenvalue weighted by Crippen LogP contribution is -2.47. The monoisotopic (exact) mass is 399 g/mol. The van der Waals surface area contributed by atoms with Gasteiger partial charge in [0.25, 0.3) is 0 Å². The molecule has 2 aromatic carbocycles. The Hall–Kier alpha value is -1.41. The van der Waals surface area contributed by atoms with Gasteiger partial charge in [0.05, 0.1) is 25.3 Å². The van der Waals surface area contributed by atoms with Gasteiger partial charge in [0.15, 0.2) is 12.6 Å². The van der Waals surface area contributed by atoms with Crippen molar-refractivity contribution in [3.63, 3.8) is 0 Å². The first-order valence-corrected chi connectivity index (χ1v) is 10.5. The van der Waals surface area contributed by atoms with Gasteiger partial charge >= 0.3 is 0 Å². The Kier molecular flexibility index (Phi) is 5.41. The summed E-state index contributed by atoms with van der Waals surface area (Å²) in [5.74, 6) is 0.774. The molecule has 5 rings (SSSR count). The molecule has 3 saturated heterocycles. The molecule has 0 aromatic heterocycles. The van der Waals surface area contributed by atoms with E-state index in [0.29, 0.717) is 13.2 Å². The van der Waals surface area contributed by atoms with Gasteiger partial charge in [-0.25, -0.2) is 0 Å². The largest absolute Gasteiger partial charge is 0.347 e. The first kappa shape index (κ1) is 18.6. The number of benzene rings is 2. The number of likely N-dealkylation sites (tertiary alicyclic amines) is 1. The summed E-state index contributed by atoms with van der Waals surface area (Å²) >= 11 is 4.45. The third-order valence-electron chi connectivity index (χ3n) is 5.83. The van der Waals surface area contributed by atoms with Gasteiger partial charge in [-0.05, 0) is 0 Å². The Morgan fingerprint density at radius 3 is 1.64 bits per heavy atom. The molecule has 0 amide bonds. The summed E-state index contributed by atoms with van der Waals surface area (Å²) in [5.41, 5.74) is 2.08. The van der Waals surface area contributed by atoms with Crippen LogP contribution in [0.5, 0.6) is 0 Å². The summed E-state index contributed by atoms with van der Waals surface area (Å²) in [6, 6.07) is 20.5. The predicted molar refractivity (Wildman–Crippen MR) is 108 cm³/mol. The highest BCUT2D eigenvalue weighted by Gasteiger charge is 2.55. The van der Waals surface area contributed by atoms with Crippen molar-refractivity contribution in [2.45, 2.75) is 36.9 Å². The van der Waals surface area contributed by atoms with E-state index in [2.05, 4.69) is 17.5 Å². The van der Waals surface area contributed by atoms with E-state index in [0.717, 1.165) is 23.4 Å². The summed E-state index contributed by atoms with van der Waals surface area (Å²) in [6.07, 6.45) is -0.834. The van der Waals surface area contributed by atoms with E-state index in [1.807, 2.05) is 60.7 Å². The first-order valence-electron chi connectivity index (χ1n) is 9.86. The molecule has 0 bridgehead atoms. The van der Waals surface area contributed by atoms with Crippen LogP contribution >= 0.6 is 12.6 Å². The highest BCUT2D eigenvalue weighted by Crippen LogP contribution is 2.42. The summed E-state index contributed by atoms with van der Waals surface area (Å²) in [7, 11) is 0. The molecule has 28 heavy (non-hydrogen) atoms. The molecule has 3 aliphatic rings. The van der Waals surface area contributed by atoms with Crippen molar-refractivity contribution in [2.24, 2.45) is 0 Å². The molecule has 5 nitrogen and oxygen atoms in total. The Morgan fingerprint density at radius 1 is 0.750 bits per heavy atom. The smallest absolute Gasteiger partial charge is 0.184 e. The average Bonchev–Trinajstić information content (AvgIpc) is 3.08. The highest BCUT2D eigenvalue weighted by atomic mass is 32.1. The molecule has 3 fully saturated rings. The summed E-state index contributed by atoms with van der Waals surface area (Å²) in [6.45, 7) is 2.09.